The first kappa shape index (κ1) is 12.6. The first-order chi connectivity index (χ1) is 9.78. The highest BCUT2D eigenvalue weighted by Gasteiger charge is 2.07. The number of aromatic nitrogens is 1. The summed E-state index contributed by atoms with van der Waals surface area (Å²) in [6.07, 6.45) is 2.10. The molecular weight excluding hydrogens is 246 g/mol. The summed E-state index contributed by atoms with van der Waals surface area (Å²) in [5.74, 6) is 0. The molecule has 0 aliphatic carbocycles. The molecule has 0 aliphatic heterocycles. The van der Waals surface area contributed by atoms with Crippen LogP contribution in [0.25, 0.3) is 10.9 Å². The Morgan fingerprint density at radius 2 is 1.95 bits per heavy atom. The van der Waals surface area contributed by atoms with Crippen LogP contribution in [-0.4, -0.2) is 19.1 Å². The Hall–Kier alpha value is -2.42. The summed E-state index contributed by atoms with van der Waals surface area (Å²) in [6.45, 7) is 0.886. The molecule has 3 rings (SSSR count). The minimum absolute atomic E-state index is 0.886. The van der Waals surface area contributed by atoms with Gasteiger partial charge < -0.3 is 15.2 Å². The molecule has 0 atom stereocenters. The van der Waals surface area contributed by atoms with Gasteiger partial charge in [0, 0.05) is 49.1 Å². The van der Waals surface area contributed by atoms with Crippen LogP contribution in [0, 0.1) is 0 Å². The fraction of sp³-hybridized carbons (Fsp3) is 0.176. The zero-order valence-corrected chi connectivity index (χ0v) is 11.9. The third-order valence-corrected chi connectivity index (χ3v) is 3.66. The SMILES string of the molecule is CNc1cccc(N(C)Cc2c[nH]c3ccccc23)c1. The Labute approximate surface area is 119 Å². The molecule has 2 aromatic carbocycles. The molecule has 1 heterocycles. The van der Waals surface area contributed by atoms with Crippen molar-refractivity contribution in [1.29, 1.82) is 0 Å². The summed E-state index contributed by atoms with van der Waals surface area (Å²) in [4.78, 5) is 5.59. The molecule has 20 heavy (non-hydrogen) atoms. The maximum absolute atomic E-state index is 3.33. The van der Waals surface area contributed by atoms with E-state index >= 15 is 0 Å². The fourth-order valence-electron chi connectivity index (χ4n) is 2.51. The number of anilines is 2. The summed E-state index contributed by atoms with van der Waals surface area (Å²) in [6, 6.07) is 16.9. The van der Waals surface area contributed by atoms with Gasteiger partial charge in [0.25, 0.3) is 0 Å². The number of nitrogens with zero attached hydrogens (tertiary/aromatic N) is 1. The van der Waals surface area contributed by atoms with Crippen molar-refractivity contribution in [3.63, 3.8) is 0 Å². The number of benzene rings is 2. The Bertz CT molecular complexity index is 715. The second-order valence-corrected chi connectivity index (χ2v) is 5.02. The summed E-state index contributed by atoms with van der Waals surface area (Å²) in [5, 5.41) is 4.47. The second kappa shape index (κ2) is 5.29. The number of nitrogens with one attached hydrogen (secondary N) is 2. The van der Waals surface area contributed by atoms with Crippen molar-refractivity contribution < 1.29 is 0 Å². The van der Waals surface area contributed by atoms with Crippen molar-refractivity contribution >= 4 is 22.3 Å². The maximum atomic E-state index is 3.33. The minimum atomic E-state index is 0.886. The van der Waals surface area contributed by atoms with E-state index in [2.05, 4.69) is 77.0 Å². The van der Waals surface area contributed by atoms with E-state index in [9.17, 15) is 0 Å². The van der Waals surface area contributed by atoms with Crippen LogP contribution < -0.4 is 10.2 Å². The third kappa shape index (κ3) is 2.35. The van der Waals surface area contributed by atoms with Gasteiger partial charge in [-0.3, -0.25) is 0 Å². The van der Waals surface area contributed by atoms with Crippen molar-refractivity contribution in [3.8, 4) is 0 Å². The summed E-state index contributed by atoms with van der Waals surface area (Å²) < 4.78 is 0. The Morgan fingerprint density at radius 3 is 2.80 bits per heavy atom. The van der Waals surface area contributed by atoms with E-state index in [0.29, 0.717) is 0 Å². The van der Waals surface area contributed by atoms with Gasteiger partial charge in [0.15, 0.2) is 0 Å². The van der Waals surface area contributed by atoms with Gasteiger partial charge in [-0.25, -0.2) is 0 Å². The Balaban J connectivity index is 1.86. The zero-order chi connectivity index (χ0) is 13.9. The highest BCUT2D eigenvalue weighted by atomic mass is 15.1. The molecule has 2 N–H and O–H groups in total. The predicted molar refractivity (Wildman–Crippen MR) is 86.4 cm³/mol. The number of fused-ring (bicyclic) bond motifs is 1. The van der Waals surface area contributed by atoms with Gasteiger partial charge >= 0.3 is 0 Å². The van der Waals surface area contributed by atoms with Crippen LogP contribution in [0.5, 0.6) is 0 Å². The molecular formula is C17H19N3. The zero-order valence-electron chi connectivity index (χ0n) is 11.9. The smallest absolute Gasteiger partial charge is 0.0457 e. The van der Waals surface area contributed by atoms with E-state index in [1.165, 1.54) is 22.2 Å². The first-order valence-corrected chi connectivity index (χ1v) is 6.82. The third-order valence-electron chi connectivity index (χ3n) is 3.66. The van der Waals surface area contributed by atoms with Gasteiger partial charge in [-0.2, -0.15) is 0 Å². The van der Waals surface area contributed by atoms with E-state index in [1.807, 2.05) is 7.05 Å². The van der Waals surface area contributed by atoms with Crippen molar-refractivity contribution in [2.45, 2.75) is 6.54 Å². The number of hydrogen-bond donors (Lipinski definition) is 2. The highest BCUT2D eigenvalue weighted by molar-refractivity contribution is 5.83. The van der Waals surface area contributed by atoms with E-state index in [1.54, 1.807) is 0 Å². The van der Waals surface area contributed by atoms with E-state index in [0.717, 1.165) is 12.2 Å². The average Bonchev–Trinajstić information content (AvgIpc) is 2.90. The number of hydrogen-bond acceptors (Lipinski definition) is 2. The van der Waals surface area contributed by atoms with Gasteiger partial charge in [0.1, 0.15) is 0 Å². The topological polar surface area (TPSA) is 31.1 Å². The molecule has 0 saturated heterocycles. The number of H-pyrrole nitrogens is 1. The van der Waals surface area contributed by atoms with Crippen LogP contribution in [0.3, 0.4) is 0 Å². The predicted octanol–water partition coefficient (Wildman–Crippen LogP) is 3.85. The number of aromatic amines is 1. The van der Waals surface area contributed by atoms with E-state index < -0.39 is 0 Å². The van der Waals surface area contributed by atoms with Crippen molar-refractivity contribution in [3.05, 3.63) is 60.3 Å². The monoisotopic (exact) mass is 265 g/mol. The average molecular weight is 265 g/mol. The molecule has 0 aliphatic rings. The molecule has 1 aromatic heterocycles. The second-order valence-electron chi connectivity index (χ2n) is 5.02. The van der Waals surface area contributed by atoms with Crippen LogP contribution in [0.4, 0.5) is 11.4 Å². The lowest BCUT2D eigenvalue weighted by molar-refractivity contribution is 0.930. The molecule has 3 heteroatoms. The molecule has 102 valence electrons. The summed E-state index contributed by atoms with van der Waals surface area (Å²) in [7, 11) is 4.06. The lowest BCUT2D eigenvalue weighted by atomic mass is 10.1. The van der Waals surface area contributed by atoms with Crippen molar-refractivity contribution in [1.82, 2.24) is 4.98 Å². The summed E-state index contributed by atoms with van der Waals surface area (Å²) >= 11 is 0. The molecule has 0 spiro atoms. The van der Waals surface area contributed by atoms with Crippen molar-refractivity contribution in [2.75, 3.05) is 24.3 Å². The van der Waals surface area contributed by atoms with Gasteiger partial charge in [-0.1, -0.05) is 24.3 Å². The van der Waals surface area contributed by atoms with E-state index in [-0.39, 0.29) is 0 Å². The molecule has 0 radical (unpaired) electrons. The molecule has 0 unspecified atom stereocenters. The van der Waals surface area contributed by atoms with Gasteiger partial charge in [0.05, 0.1) is 0 Å². The molecule has 3 aromatic rings. The molecule has 0 saturated carbocycles. The van der Waals surface area contributed by atoms with Crippen LogP contribution in [-0.2, 0) is 6.54 Å². The van der Waals surface area contributed by atoms with Crippen molar-refractivity contribution in [2.24, 2.45) is 0 Å². The van der Waals surface area contributed by atoms with Crippen LogP contribution in [0.15, 0.2) is 54.7 Å². The van der Waals surface area contributed by atoms with Crippen LogP contribution >= 0.6 is 0 Å². The molecule has 0 amide bonds. The fourth-order valence-corrected chi connectivity index (χ4v) is 2.51. The summed E-state index contributed by atoms with van der Waals surface area (Å²) in [5.41, 5.74) is 4.85. The minimum Gasteiger partial charge on any atom is -0.388 e. The Kier molecular flexibility index (Phi) is 3.33. The molecule has 0 bridgehead atoms. The van der Waals surface area contributed by atoms with Gasteiger partial charge in [-0.05, 0) is 29.8 Å². The lowest BCUT2D eigenvalue weighted by Crippen LogP contribution is -2.16. The van der Waals surface area contributed by atoms with Crippen LogP contribution in [0.2, 0.25) is 0 Å². The van der Waals surface area contributed by atoms with Crippen LogP contribution in [0.1, 0.15) is 5.56 Å². The molecule has 3 nitrogen and oxygen atoms in total. The maximum Gasteiger partial charge on any atom is 0.0457 e. The Morgan fingerprint density at radius 1 is 1.10 bits per heavy atom. The normalized spacial score (nSPS) is 10.7. The molecule has 0 fully saturated rings. The standard InChI is InChI=1S/C17H19N3/c1-18-14-6-5-7-15(10-14)20(2)12-13-11-19-17-9-4-3-8-16(13)17/h3-11,18-19H,12H2,1-2H3. The highest BCUT2D eigenvalue weighted by Crippen LogP contribution is 2.23. The quantitative estimate of drug-likeness (QED) is 0.751. The first-order valence-electron chi connectivity index (χ1n) is 6.82. The van der Waals surface area contributed by atoms with Gasteiger partial charge in [-0.15, -0.1) is 0 Å². The largest absolute Gasteiger partial charge is 0.388 e. The van der Waals surface area contributed by atoms with E-state index in [4.69, 9.17) is 0 Å². The number of para-hydroxylation sites is 1. The number of rotatable bonds is 4. The lowest BCUT2D eigenvalue weighted by Gasteiger charge is -2.19. The van der Waals surface area contributed by atoms with Gasteiger partial charge in [0.2, 0.25) is 0 Å².